The van der Waals surface area contributed by atoms with Crippen molar-refractivity contribution in [3.8, 4) is 11.4 Å². The number of hydrogen-bond acceptors (Lipinski definition) is 4. The number of aromatic nitrogens is 3. The number of anilines is 1. The lowest BCUT2D eigenvalue weighted by molar-refractivity contribution is 1.18. The Hall–Kier alpha value is -2.69. The molecule has 0 unspecified atom stereocenters. The van der Waals surface area contributed by atoms with E-state index in [1.165, 1.54) is 5.57 Å². The molecule has 0 atom stereocenters. The quantitative estimate of drug-likeness (QED) is 0.581. The lowest BCUT2D eigenvalue weighted by atomic mass is 10.2. The lowest BCUT2D eigenvalue weighted by Gasteiger charge is -2.12. The number of fused-ring (bicyclic) bond motifs is 1. The molecule has 0 amide bonds. The van der Waals surface area contributed by atoms with Crippen LogP contribution in [0, 0.1) is 0 Å². The maximum atomic E-state index is 6.29. The first kappa shape index (κ1) is 17.7. The van der Waals surface area contributed by atoms with Crippen LogP contribution in [0.5, 0.6) is 0 Å². The van der Waals surface area contributed by atoms with E-state index in [4.69, 9.17) is 28.2 Å². The van der Waals surface area contributed by atoms with Gasteiger partial charge in [-0.1, -0.05) is 34.9 Å². The van der Waals surface area contributed by atoms with Crippen LogP contribution in [0.1, 0.15) is 13.3 Å². The third-order valence-corrected chi connectivity index (χ3v) is 4.62. The van der Waals surface area contributed by atoms with Crippen molar-refractivity contribution in [2.75, 3.05) is 5.32 Å². The van der Waals surface area contributed by atoms with E-state index in [9.17, 15) is 0 Å². The molecule has 0 radical (unpaired) electrons. The summed E-state index contributed by atoms with van der Waals surface area (Å²) in [5.74, 6) is 1.27. The van der Waals surface area contributed by atoms with Crippen molar-refractivity contribution in [2.24, 2.45) is 0 Å². The molecule has 2 heterocycles. The van der Waals surface area contributed by atoms with E-state index < -0.39 is 0 Å². The highest BCUT2D eigenvalue weighted by atomic mass is 35.5. The van der Waals surface area contributed by atoms with Crippen LogP contribution in [0.2, 0.25) is 5.02 Å². The van der Waals surface area contributed by atoms with Gasteiger partial charge in [0, 0.05) is 39.1 Å². The van der Waals surface area contributed by atoms with Crippen LogP contribution in [0.15, 0.2) is 77.3 Å². The highest BCUT2D eigenvalue weighted by Gasteiger charge is 2.12. The summed E-state index contributed by atoms with van der Waals surface area (Å²) in [7, 11) is 0. The van der Waals surface area contributed by atoms with Gasteiger partial charge in [0.05, 0.1) is 5.52 Å². The number of pyridine rings is 1. The molecule has 3 aromatic rings. The van der Waals surface area contributed by atoms with E-state index >= 15 is 0 Å². The van der Waals surface area contributed by atoms with Gasteiger partial charge in [0.2, 0.25) is 0 Å². The second kappa shape index (κ2) is 7.51. The van der Waals surface area contributed by atoms with Gasteiger partial charge < -0.3 is 5.32 Å². The van der Waals surface area contributed by atoms with Gasteiger partial charge in [0.25, 0.3) is 0 Å². The zero-order valence-electron chi connectivity index (χ0n) is 14.6. The van der Waals surface area contributed by atoms with Crippen molar-refractivity contribution < 1.29 is 0 Å². The van der Waals surface area contributed by atoms with Gasteiger partial charge in [-0.15, -0.1) is 0 Å². The van der Waals surface area contributed by atoms with Crippen molar-refractivity contribution in [1.82, 2.24) is 15.0 Å². The fraction of sp³-hybridized carbons (Fsp3) is 0.0952. The Balaban J connectivity index is 1.83. The number of rotatable bonds is 3. The third kappa shape index (κ3) is 4.02. The van der Waals surface area contributed by atoms with Crippen molar-refractivity contribution in [3.05, 3.63) is 82.3 Å². The van der Waals surface area contributed by atoms with Gasteiger partial charge >= 0.3 is 0 Å². The second-order valence-electron chi connectivity index (χ2n) is 6.31. The molecule has 4 nitrogen and oxygen atoms in total. The average molecular weight is 395 g/mol. The van der Waals surface area contributed by atoms with E-state index in [0.717, 1.165) is 28.6 Å². The van der Waals surface area contributed by atoms with Gasteiger partial charge in [-0.25, -0.2) is 9.97 Å². The van der Waals surface area contributed by atoms with Crippen molar-refractivity contribution in [2.45, 2.75) is 13.3 Å². The summed E-state index contributed by atoms with van der Waals surface area (Å²) in [5.41, 5.74) is 3.72. The minimum absolute atomic E-state index is 0.596. The molecule has 1 N–H and O–H groups in total. The summed E-state index contributed by atoms with van der Waals surface area (Å²) in [6, 6.07) is 9.37. The molecule has 0 aliphatic heterocycles. The summed E-state index contributed by atoms with van der Waals surface area (Å²) in [4.78, 5) is 13.6. The largest absolute Gasteiger partial charge is 0.340 e. The average Bonchev–Trinajstić information content (AvgIpc) is 2.82. The molecular weight excluding hydrogens is 379 g/mol. The number of halogens is 2. The smallest absolute Gasteiger partial charge is 0.163 e. The monoisotopic (exact) mass is 394 g/mol. The van der Waals surface area contributed by atoms with E-state index in [-0.39, 0.29) is 0 Å². The van der Waals surface area contributed by atoms with E-state index in [2.05, 4.69) is 28.3 Å². The molecule has 0 fully saturated rings. The minimum atomic E-state index is 0.596. The second-order valence-corrected chi connectivity index (χ2v) is 7.18. The molecule has 0 spiro atoms. The summed E-state index contributed by atoms with van der Waals surface area (Å²) in [6.45, 7) is 2.05. The number of allylic oxidation sites excluding steroid dienone is 5. The first-order valence-corrected chi connectivity index (χ1v) is 9.23. The number of nitrogens with zero attached hydrogens (tertiary/aromatic N) is 3. The number of benzene rings is 1. The van der Waals surface area contributed by atoms with E-state index in [0.29, 0.717) is 21.7 Å². The Morgan fingerprint density at radius 1 is 1.07 bits per heavy atom. The van der Waals surface area contributed by atoms with Crippen LogP contribution in [0.25, 0.3) is 22.3 Å². The topological polar surface area (TPSA) is 50.7 Å². The summed E-state index contributed by atoms with van der Waals surface area (Å²) >= 11 is 12.5. The Kier molecular flexibility index (Phi) is 4.92. The first-order valence-electron chi connectivity index (χ1n) is 8.48. The van der Waals surface area contributed by atoms with Crippen LogP contribution in [0.4, 0.5) is 5.82 Å². The molecule has 1 aromatic carbocycles. The molecule has 4 rings (SSSR count). The van der Waals surface area contributed by atoms with Gasteiger partial charge in [-0.3, -0.25) is 4.98 Å². The molecule has 1 aliphatic rings. The highest BCUT2D eigenvalue weighted by Crippen LogP contribution is 2.29. The standard InChI is InChI=1S/C21H16Cl2N4/c1-13-4-6-17(10-16(23)9-13)25-21-18-11-15(22)5-7-19(18)26-20(27-21)14-3-2-8-24-12-14/h2-3,5-12H,4H2,1H3,(H,25,26,27). The summed E-state index contributed by atoms with van der Waals surface area (Å²) in [6.07, 6.45) is 10.2. The predicted octanol–water partition coefficient (Wildman–Crippen LogP) is 6.11. The molecule has 2 aromatic heterocycles. The van der Waals surface area contributed by atoms with Gasteiger partial charge in [0.15, 0.2) is 5.82 Å². The molecule has 6 heteroatoms. The summed E-state index contributed by atoms with van der Waals surface area (Å²) < 4.78 is 0. The van der Waals surface area contributed by atoms with Crippen LogP contribution in [-0.2, 0) is 0 Å². The Labute approximate surface area is 167 Å². The molecule has 0 bridgehead atoms. The van der Waals surface area contributed by atoms with Gasteiger partial charge in [-0.2, -0.15) is 0 Å². The predicted molar refractivity (Wildman–Crippen MR) is 112 cm³/mol. The minimum Gasteiger partial charge on any atom is -0.340 e. The zero-order valence-corrected chi connectivity index (χ0v) is 16.1. The Bertz CT molecular complexity index is 1100. The van der Waals surface area contributed by atoms with Gasteiger partial charge in [0.1, 0.15) is 5.82 Å². The van der Waals surface area contributed by atoms with Gasteiger partial charge in [-0.05, 0) is 55.8 Å². The molecule has 27 heavy (non-hydrogen) atoms. The molecule has 0 saturated heterocycles. The molecular formula is C21H16Cl2N4. The van der Waals surface area contributed by atoms with Crippen LogP contribution in [0.3, 0.4) is 0 Å². The first-order chi connectivity index (χ1) is 13.1. The molecule has 0 saturated carbocycles. The fourth-order valence-electron chi connectivity index (χ4n) is 2.86. The van der Waals surface area contributed by atoms with Crippen molar-refractivity contribution in [3.63, 3.8) is 0 Å². The number of nitrogens with one attached hydrogen (secondary N) is 1. The SMILES string of the molecule is CC1=CC(Cl)=CC(Nc2nc(-c3cccnc3)nc3ccc(Cl)cc23)=CC1. The lowest BCUT2D eigenvalue weighted by Crippen LogP contribution is -2.03. The fourth-order valence-corrected chi connectivity index (χ4v) is 3.33. The van der Waals surface area contributed by atoms with Crippen LogP contribution >= 0.6 is 23.2 Å². The van der Waals surface area contributed by atoms with Crippen molar-refractivity contribution >= 4 is 39.9 Å². The van der Waals surface area contributed by atoms with Crippen LogP contribution < -0.4 is 5.32 Å². The molecule has 1 aliphatic carbocycles. The molecule has 134 valence electrons. The van der Waals surface area contributed by atoms with Crippen LogP contribution in [-0.4, -0.2) is 15.0 Å². The summed E-state index contributed by atoms with van der Waals surface area (Å²) in [5, 5.41) is 5.53. The Morgan fingerprint density at radius 2 is 1.96 bits per heavy atom. The highest BCUT2D eigenvalue weighted by molar-refractivity contribution is 6.31. The van der Waals surface area contributed by atoms with Crippen molar-refractivity contribution in [1.29, 1.82) is 0 Å². The number of hydrogen-bond donors (Lipinski definition) is 1. The van der Waals surface area contributed by atoms with E-state index in [1.807, 2.05) is 42.5 Å². The van der Waals surface area contributed by atoms with E-state index in [1.54, 1.807) is 12.4 Å². The zero-order chi connectivity index (χ0) is 18.8. The Morgan fingerprint density at radius 3 is 2.78 bits per heavy atom. The normalized spacial score (nSPS) is 14.3. The third-order valence-electron chi connectivity index (χ3n) is 4.16. The maximum absolute atomic E-state index is 6.29. The maximum Gasteiger partial charge on any atom is 0.163 e.